The van der Waals surface area contributed by atoms with Crippen molar-refractivity contribution in [3.05, 3.63) is 40.8 Å². The van der Waals surface area contributed by atoms with Crippen LogP contribution in [0.4, 0.5) is 0 Å². The summed E-state index contributed by atoms with van der Waals surface area (Å²) in [6.07, 6.45) is 2.60. The fraction of sp³-hybridized carbons (Fsp3) is 0.250. The average Bonchev–Trinajstić information content (AvgIpc) is 2.27. The van der Waals surface area contributed by atoms with E-state index in [4.69, 9.17) is 4.74 Å². The minimum absolute atomic E-state index is 0.0746. The van der Waals surface area contributed by atoms with Crippen molar-refractivity contribution in [3.63, 3.8) is 0 Å². The van der Waals surface area contributed by atoms with Crippen molar-refractivity contribution >= 4 is 10.8 Å². The Morgan fingerprint density at radius 2 is 2.13 bits per heavy atom. The molecule has 0 amide bonds. The van der Waals surface area contributed by atoms with Gasteiger partial charge < -0.3 is 9.72 Å². The van der Waals surface area contributed by atoms with Gasteiger partial charge in [-0.1, -0.05) is 13.0 Å². The van der Waals surface area contributed by atoms with Gasteiger partial charge in [0.05, 0.1) is 12.0 Å². The molecule has 2 rings (SSSR count). The molecule has 0 aliphatic carbocycles. The van der Waals surface area contributed by atoms with Crippen LogP contribution in [0.2, 0.25) is 0 Å². The maximum Gasteiger partial charge on any atom is 0.255 e. The highest BCUT2D eigenvalue weighted by atomic mass is 16.5. The van der Waals surface area contributed by atoms with Crippen molar-refractivity contribution in [1.29, 1.82) is 0 Å². The van der Waals surface area contributed by atoms with E-state index in [1.54, 1.807) is 12.3 Å². The Kier molecular flexibility index (Phi) is 2.72. The second-order valence-electron chi connectivity index (χ2n) is 3.37. The van der Waals surface area contributed by atoms with Crippen LogP contribution in [-0.2, 0) is 0 Å². The normalized spacial score (nSPS) is 10.5. The lowest BCUT2D eigenvalue weighted by Gasteiger charge is -2.07. The number of H-pyrrole nitrogens is 1. The molecule has 2 aromatic rings. The molecular formula is C12H13NO2. The predicted octanol–water partition coefficient (Wildman–Crippen LogP) is 2.32. The van der Waals surface area contributed by atoms with Crippen LogP contribution in [0, 0.1) is 0 Å². The van der Waals surface area contributed by atoms with Gasteiger partial charge in [-0.25, -0.2) is 0 Å². The first-order chi connectivity index (χ1) is 7.33. The van der Waals surface area contributed by atoms with E-state index in [1.807, 2.05) is 18.2 Å². The summed E-state index contributed by atoms with van der Waals surface area (Å²) in [5.41, 5.74) is -0.0746. The van der Waals surface area contributed by atoms with Crippen LogP contribution in [0.25, 0.3) is 10.8 Å². The zero-order valence-electron chi connectivity index (χ0n) is 8.62. The quantitative estimate of drug-likeness (QED) is 0.831. The van der Waals surface area contributed by atoms with E-state index in [2.05, 4.69) is 11.9 Å². The monoisotopic (exact) mass is 203 g/mol. The highest BCUT2D eigenvalue weighted by Gasteiger charge is 2.03. The number of rotatable bonds is 3. The fourth-order valence-corrected chi connectivity index (χ4v) is 1.53. The van der Waals surface area contributed by atoms with Crippen molar-refractivity contribution in [1.82, 2.24) is 4.98 Å². The summed E-state index contributed by atoms with van der Waals surface area (Å²) in [6, 6.07) is 7.38. The Balaban J connectivity index is 2.56. The summed E-state index contributed by atoms with van der Waals surface area (Å²) in [5, 5.41) is 1.54. The van der Waals surface area contributed by atoms with Crippen LogP contribution in [0.1, 0.15) is 13.3 Å². The van der Waals surface area contributed by atoms with Crippen molar-refractivity contribution in [3.8, 4) is 5.75 Å². The lowest BCUT2D eigenvalue weighted by molar-refractivity contribution is 0.321. The molecule has 1 aromatic heterocycles. The number of ether oxygens (including phenoxy) is 1. The Morgan fingerprint density at radius 3 is 2.93 bits per heavy atom. The van der Waals surface area contributed by atoms with Gasteiger partial charge in [0.1, 0.15) is 5.75 Å². The van der Waals surface area contributed by atoms with Crippen LogP contribution in [-0.4, -0.2) is 11.6 Å². The first-order valence-electron chi connectivity index (χ1n) is 5.06. The number of hydrogen-bond acceptors (Lipinski definition) is 2. The highest BCUT2D eigenvalue weighted by molar-refractivity contribution is 5.87. The van der Waals surface area contributed by atoms with E-state index in [9.17, 15) is 4.79 Å². The third kappa shape index (κ3) is 1.86. The van der Waals surface area contributed by atoms with E-state index < -0.39 is 0 Å². The summed E-state index contributed by atoms with van der Waals surface area (Å²) in [7, 11) is 0. The Hall–Kier alpha value is -1.77. The van der Waals surface area contributed by atoms with Gasteiger partial charge in [-0.3, -0.25) is 4.79 Å². The number of fused-ring (bicyclic) bond motifs is 1. The molecule has 0 aliphatic rings. The standard InChI is InChI=1S/C12H13NO2/c1-2-8-15-11-5-3-4-10-9(11)6-7-13-12(10)14/h3-7H,2,8H2,1H3,(H,13,14). The number of hydrogen-bond donors (Lipinski definition) is 1. The van der Waals surface area contributed by atoms with Gasteiger partial charge in [-0.2, -0.15) is 0 Å². The van der Waals surface area contributed by atoms with Crippen molar-refractivity contribution in [2.45, 2.75) is 13.3 Å². The minimum atomic E-state index is -0.0746. The molecule has 15 heavy (non-hydrogen) atoms. The number of nitrogens with one attached hydrogen (secondary N) is 1. The van der Waals surface area contributed by atoms with E-state index in [0.29, 0.717) is 12.0 Å². The van der Waals surface area contributed by atoms with Crippen molar-refractivity contribution in [2.75, 3.05) is 6.61 Å². The maximum atomic E-state index is 11.5. The third-order valence-corrected chi connectivity index (χ3v) is 2.24. The lowest BCUT2D eigenvalue weighted by Crippen LogP contribution is -2.05. The number of pyridine rings is 1. The van der Waals surface area contributed by atoms with E-state index in [1.165, 1.54) is 0 Å². The molecule has 3 heteroatoms. The van der Waals surface area contributed by atoms with Crippen LogP contribution in [0.15, 0.2) is 35.3 Å². The van der Waals surface area contributed by atoms with Crippen molar-refractivity contribution < 1.29 is 4.74 Å². The first-order valence-corrected chi connectivity index (χ1v) is 5.06. The van der Waals surface area contributed by atoms with Gasteiger partial charge in [-0.05, 0) is 24.6 Å². The number of aromatic nitrogens is 1. The number of aromatic amines is 1. The van der Waals surface area contributed by atoms with Gasteiger partial charge in [0.2, 0.25) is 0 Å². The summed E-state index contributed by atoms with van der Waals surface area (Å²) in [5.74, 6) is 0.778. The molecule has 0 radical (unpaired) electrons. The summed E-state index contributed by atoms with van der Waals surface area (Å²) in [6.45, 7) is 2.73. The molecular weight excluding hydrogens is 190 g/mol. The minimum Gasteiger partial charge on any atom is -0.493 e. The average molecular weight is 203 g/mol. The van der Waals surface area contributed by atoms with E-state index in [-0.39, 0.29) is 5.56 Å². The Morgan fingerprint density at radius 1 is 1.27 bits per heavy atom. The third-order valence-electron chi connectivity index (χ3n) is 2.24. The molecule has 1 heterocycles. The number of benzene rings is 1. The second kappa shape index (κ2) is 4.17. The second-order valence-corrected chi connectivity index (χ2v) is 3.37. The van der Waals surface area contributed by atoms with Crippen LogP contribution in [0.3, 0.4) is 0 Å². The molecule has 0 aliphatic heterocycles. The smallest absolute Gasteiger partial charge is 0.255 e. The fourth-order valence-electron chi connectivity index (χ4n) is 1.53. The van der Waals surface area contributed by atoms with E-state index in [0.717, 1.165) is 17.6 Å². The summed E-state index contributed by atoms with van der Waals surface area (Å²) < 4.78 is 5.57. The summed E-state index contributed by atoms with van der Waals surface area (Å²) >= 11 is 0. The van der Waals surface area contributed by atoms with Gasteiger partial charge in [0.15, 0.2) is 0 Å². The predicted molar refractivity (Wildman–Crippen MR) is 60.4 cm³/mol. The highest BCUT2D eigenvalue weighted by Crippen LogP contribution is 2.22. The molecule has 0 saturated carbocycles. The molecule has 78 valence electrons. The summed E-state index contributed by atoms with van der Waals surface area (Å²) in [4.78, 5) is 14.1. The molecule has 0 saturated heterocycles. The van der Waals surface area contributed by atoms with Crippen LogP contribution >= 0.6 is 0 Å². The zero-order chi connectivity index (χ0) is 10.7. The van der Waals surface area contributed by atoms with Gasteiger partial charge in [0.25, 0.3) is 5.56 Å². The lowest BCUT2D eigenvalue weighted by atomic mass is 10.1. The van der Waals surface area contributed by atoms with Crippen LogP contribution in [0.5, 0.6) is 5.75 Å². The molecule has 0 bridgehead atoms. The van der Waals surface area contributed by atoms with Crippen molar-refractivity contribution in [2.24, 2.45) is 0 Å². The molecule has 0 atom stereocenters. The van der Waals surface area contributed by atoms with Gasteiger partial charge >= 0.3 is 0 Å². The van der Waals surface area contributed by atoms with Gasteiger partial charge in [0, 0.05) is 11.6 Å². The maximum absolute atomic E-state index is 11.5. The van der Waals surface area contributed by atoms with E-state index >= 15 is 0 Å². The molecule has 3 nitrogen and oxygen atoms in total. The zero-order valence-corrected chi connectivity index (χ0v) is 8.62. The Labute approximate surface area is 87.7 Å². The first kappa shape index (κ1) is 9.77. The molecule has 1 aromatic carbocycles. The van der Waals surface area contributed by atoms with Gasteiger partial charge in [-0.15, -0.1) is 0 Å². The topological polar surface area (TPSA) is 42.1 Å². The molecule has 1 N–H and O–H groups in total. The molecule has 0 unspecified atom stereocenters. The molecule has 0 spiro atoms. The largest absolute Gasteiger partial charge is 0.493 e. The SMILES string of the molecule is CCCOc1cccc2c(=O)[nH]ccc12. The molecule has 0 fully saturated rings. The van der Waals surface area contributed by atoms with Crippen LogP contribution < -0.4 is 10.3 Å². The Bertz CT molecular complexity index is 516.